The highest BCUT2D eigenvalue weighted by molar-refractivity contribution is 6.32. The van der Waals surface area contributed by atoms with Crippen molar-refractivity contribution in [1.29, 1.82) is 0 Å². The zero-order valence-corrected chi connectivity index (χ0v) is 11.3. The lowest BCUT2D eigenvalue weighted by Gasteiger charge is -2.15. The summed E-state index contributed by atoms with van der Waals surface area (Å²) in [7, 11) is 2.10. The molecule has 1 saturated heterocycles. The van der Waals surface area contributed by atoms with E-state index in [0.717, 1.165) is 37.2 Å². The van der Waals surface area contributed by atoms with Gasteiger partial charge >= 0.3 is 0 Å². The molecule has 2 rings (SSSR count). The predicted octanol–water partition coefficient (Wildman–Crippen LogP) is 1.86. The molecule has 0 spiro atoms. The molecule has 0 saturated carbocycles. The van der Waals surface area contributed by atoms with Crippen LogP contribution in [-0.2, 0) is 11.3 Å². The van der Waals surface area contributed by atoms with E-state index >= 15 is 0 Å². The van der Waals surface area contributed by atoms with Gasteiger partial charge in [0.05, 0.1) is 11.6 Å². The number of halogens is 1. The van der Waals surface area contributed by atoms with Gasteiger partial charge in [-0.3, -0.25) is 0 Å². The number of likely N-dealkylation sites (tertiary alicyclic amines) is 1. The van der Waals surface area contributed by atoms with Crippen LogP contribution in [-0.4, -0.2) is 37.7 Å². The van der Waals surface area contributed by atoms with Crippen molar-refractivity contribution in [3.63, 3.8) is 0 Å². The third-order valence-electron chi connectivity index (χ3n) is 3.15. The van der Waals surface area contributed by atoms with Gasteiger partial charge in [0.2, 0.25) is 0 Å². The molecule has 0 bridgehead atoms. The van der Waals surface area contributed by atoms with Crippen molar-refractivity contribution in [2.24, 2.45) is 5.90 Å². The molecule has 0 aromatic heterocycles. The van der Waals surface area contributed by atoms with Gasteiger partial charge in [0, 0.05) is 13.1 Å². The van der Waals surface area contributed by atoms with Gasteiger partial charge in [-0.1, -0.05) is 17.7 Å². The zero-order valence-electron chi connectivity index (χ0n) is 10.6. The smallest absolute Gasteiger partial charge is 0.138 e. The Morgan fingerprint density at radius 2 is 2.33 bits per heavy atom. The molecular formula is C13H19ClN2O2. The van der Waals surface area contributed by atoms with Crippen LogP contribution in [0.1, 0.15) is 12.0 Å². The summed E-state index contributed by atoms with van der Waals surface area (Å²) >= 11 is 6.21. The molecule has 0 radical (unpaired) electrons. The fraction of sp³-hybridized carbons (Fsp3) is 0.538. The lowest BCUT2D eigenvalue weighted by molar-refractivity contribution is 0.141. The van der Waals surface area contributed by atoms with E-state index in [-0.39, 0.29) is 6.10 Å². The van der Waals surface area contributed by atoms with Gasteiger partial charge in [0.25, 0.3) is 0 Å². The number of nitrogens with two attached hydrogens (primary N) is 1. The lowest BCUT2D eigenvalue weighted by Crippen LogP contribution is -2.21. The first kappa shape index (κ1) is 13.6. The molecule has 18 heavy (non-hydrogen) atoms. The third kappa shape index (κ3) is 3.59. The fourth-order valence-corrected chi connectivity index (χ4v) is 2.39. The summed E-state index contributed by atoms with van der Waals surface area (Å²) in [4.78, 5) is 6.81. The highest BCUT2D eigenvalue weighted by Gasteiger charge is 2.21. The maximum atomic E-state index is 6.21. The molecule has 0 amide bonds. The van der Waals surface area contributed by atoms with Crippen LogP contribution in [0.2, 0.25) is 5.02 Å². The summed E-state index contributed by atoms with van der Waals surface area (Å²) in [6.07, 6.45) is 2.05. The Balaban J connectivity index is 1.96. The van der Waals surface area contributed by atoms with Crippen molar-refractivity contribution >= 4 is 11.6 Å². The van der Waals surface area contributed by atoms with E-state index in [0.29, 0.717) is 11.6 Å². The Kier molecular flexibility index (Phi) is 4.83. The molecule has 5 heteroatoms. The molecule has 1 aliphatic heterocycles. The van der Waals surface area contributed by atoms with E-state index < -0.39 is 0 Å². The number of benzene rings is 1. The third-order valence-corrected chi connectivity index (χ3v) is 3.44. The summed E-state index contributed by atoms with van der Waals surface area (Å²) in [5.41, 5.74) is 1.10. The largest absolute Gasteiger partial charge is 0.487 e. The molecule has 1 fully saturated rings. The van der Waals surface area contributed by atoms with Crippen LogP contribution < -0.4 is 10.6 Å². The average molecular weight is 271 g/mol. The van der Waals surface area contributed by atoms with E-state index in [1.165, 1.54) is 0 Å². The molecule has 1 unspecified atom stereocenters. The maximum Gasteiger partial charge on any atom is 0.138 e. The molecule has 100 valence electrons. The summed E-state index contributed by atoms with van der Waals surface area (Å²) in [6, 6.07) is 5.83. The Morgan fingerprint density at radius 3 is 2.94 bits per heavy atom. The highest BCUT2D eigenvalue weighted by Crippen LogP contribution is 2.28. The summed E-state index contributed by atoms with van der Waals surface area (Å²) in [5.74, 6) is 5.76. The minimum absolute atomic E-state index is 0.241. The normalized spacial score (nSPS) is 20.3. The second-order valence-electron chi connectivity index (χ2n) is 4.68. The minimum Gasteiger partial charge on any atom is -0.487 e. The molecule has 1 aliphatic rings. The van der Waals surface area contributed by atoms with Gasteiger partial charge < -0.3 is 14.5 Å². The van der Waals surface area contributed by atoms with Crippen LogP contribution >= 0.6 is 11.6 Å². The SMILES string of the molecule is CN1CCC(Oc2ccc(CCON)cc2Cl)C1. The molecule has 1 aromatic rings. The van der Waals surface area contributed by atoms with Crippen molar-refractivity contribution in [3.05, 3.63) is 28.8 Å². The standard InChI is InChI=1S/C13H19ClN2O2/c1-16-6-4-11(9-16)18-13-3-2-10(5-7-17-15)8-12(13)14/h2-3,8,11H,4-7,9,15H2,1H3. The number of rotatable bonds is 5. The number of likely N-dealkylation sites (N-methyl/N-ethyl adjacent to an activating group) is 1. The molecule has 1 heterocycles. The predicted molar refractivity (Wildman–Crippen MR) is 71.8 cm³/mol. The van der Waals surface area contributed by atoms with E-state index in [4.69, 9.17) is 22.2 Å². The first-order valence-corrected chi connectivity index (χ1v) is 6.52. The lowest BCUT2D eigenvalue weighted by atomic mass is 10.1. The summed E-state index contributed by atoms with van der Waals surface area (Å²) < 4.78 is 5.91. The van der Waals surface area contributed by atoms with Gasteiger partial charge in [0.15, 0.2) is 0 Å². The maximum absolute atomic E-state index is 6.21. The van der Waals surface area contributed by atoms with Crippen molar-refractivity contribution in [2.45, 2.75) is 18.9 Å². The van der Waals surface area contributed by atoms with Crippen LogP contribution in [0.5, 0.6) is 5.75 Å². The number of hydrogen-bond donors (Lipinski definition) is 1. The van der Waals surface area contributed by atoms with Crippen LogP contribution in [0.3, 0.4) is 0 Å². The monoisotopic (exact) mass is 270 g/mol. The minimum atomic E-state index is 0.241. The van der Waals surface area contributed by atoms with Crippen molar-refractivity contribution in [1.82, 2.24) is 4.90 Å². The first-order valence-electron chi connectivity index (χ1n) is 6.14. The van der Waals surface area contributed by atoms with Gasteiger partial charge in [-0.15, -0.1) is 0 Å². The first-order chi connectivity index (χ1) is 8.69. The molecular weight excluding hydrogens is 252 g/mol. The highest BCUT2D eigenvalue weighted by atomic mass is 35.5. The van der Waals surface area contributed by atoms with Gasteiger partial charge in [-0.05, 0) is 37.6 Å². The Hall–Kier alpha value is -0.810. The molecule has 1 aromatic carbocycles. The Morgan fingerprint density at radius 1 is 1.50 bits per heavy atom. The zero-order chi connectivity index (χ0) is 13.0. The fourth-order valence-electron chi connectivity index (χ4n) is 2.14. The van der Waals surface area contributed by atoms with Crippen molar-refractivity contribution in [3.8, 4) is 5.75 Å². The molecule has 1 atom stereocenters. The summed E-state index contributed by atoms with van der Waals surface area (Å²) in [6.45, 7) is 2.53. The average Bonchev–Trinajstić information content (AvgIpc) is 2.75. The van der Waals surface area contributed by atoms with Crippen LogP contribution in [0.15, 0.2) is 18.2 Å². The van der Waals surface area contributed by atoms with E-state index in [1.54, 1.807) is 0 Å². The number of nitrogens with zero attached hydrogens (tertiary/aromatic N) is 1. The number of hydrogen-bond acceptors (Lipinski definition) is 4. The number of ether oxygens (including phenoxy) is 1. The Bertz CT molecular complexity index is 401. The molecule has 4 nitrogen and oxygen atoms in total. The second-order valence-corrected chi connectivity index (χ2v) is 5.08. The van der Waals surface area contributed by atoms with Crippen molar-refractivity contribution in [2.75, 3.05) is 26.7 Å². The quantitative estimate of drug-likeness (QED) is 0.830. The van der Waals surface area contributed by atoms with Crippen LogP contribution in [0.4, 0.5) is 0 Å². The van der Waals surface area contributed by atoms with E-state index in [1.807, 2.05) is 18.2 Å². The summed E-state index contributed by atoms with van der Waals surface area (Å²) in [5, 5.41) is 0.652. The van der Waals surface area contributed by atoms with Crippen molar-refractivity contribution < 1.29 is 9.57 Å². The van der Waals surface area contributed by atoms with Gasteiger partial charge in [-0.2, -0.15) is 0 Å². The van der Waals surface area contributed by atoms with Gasteiger partial charge in [0.1, 0.15) is 11.9 Å². The van der Waals surface area contributed by atoms with Crippen LogP contribution in [0.25, 0.3) is 0 Å². The van der Waals surface area contributed by atoms with Crippen LogP contribution in [0, 0.1) is 0 Å². The Labute approximate surface area is 113 Å². The molecule has 2 N–H and O–H groups in total. The topological polar surface area (TPSA) is 47.7 Å². The van der Waals surface area contributed by atoms with E-state index in [9.17, 15) is 0 Å². The van der Waals surface area contributed by atoms with E-state index in [2.05, 4.69) is 16.8 Å². The molecule has 0 aliphatic carbocycles. The van der Waals surface area contributed by atoms with Gasteiger partial charge in [-0.25, -0.2) is 5.90 Å². The second kappa shape index (κ2) is 6.38.